The van der Waals surface area contributed by atoms with Crippen LogP contribution in [0, 0.1) is 5.92 Å². The molecule has 1 rings (SSSR count). The Kier molecular flexibility index (Phi) is 9.90. The molecule has 3 N–H and O–H groups in total. The van der Waals surface area contributed by atoms with Crippen molar-refractivity contribution in [3.05, 3.63) is 0 Å². The quantitative estimate of drug-likeness (QED) is 0.487. The van der Waals surface area contributed by atoms with Crippen LogP contribution >= 0.6 is 0 Å². The minimum Gasteiger partial charge on any atom is -0.480 e. The lowest BCUT2D eigenvalue weighted by Gasteiger charge is -2.40. The number of amides is 1. The summed E-state index contributed by atoms with van der Waals surface area (Å²) in [5, 5.41) is 14.7. The molecular formula is C17H32N2O5. The van der Waals surface area contributed by atoms with E-state index in [0.29, 0.717) is 13.2 Å². The Bertz CT molecular complexity index is 391. The lowest BCUT2D eigenvalue weighted by molar-refractivity contribution is -0.155. The zero-order chi connectivity index (χ0) is 17.9. The van der Waals surface area contributed by atoms with E-state index in [2.05, 4.69) is 17.6 Å². The van der Waals surface area contributed by atoms with Gasteiger partial charge in [-0.3, -0.25) is 14.9 Å². The fraction of sp³-hybridized carbons (Fsp3) is 0.882. The molecule has 0 aromatic heterocycles. The van der Waals surface area contributed by atoms with Crippen molar-refractivity contribution in [3.8, 4) is 0 Å². The van der Waals surface area contributed by atoms with Crippen molar-refractivity contribution in [3.63, 3.8) is 0 Å². The Morgan fingerprint density at radius 2 is 1.96 bits per heavy atom. The third kappa shape index (κ3) is 6.75. The number of carbonyl (C=O) groups is 2. The average molecular weight is 344 g/mol. The number of hydrogen-bond acceptors (Lipinski definition) is 5. The summed E-state index contributed by atoms with van der Waals surface area (Å²) in [7, 11) is 1.57. The number of nitrogens with one attached hydrogen (secondary N) is 2. The molecule has 1 aliphatic heterocycles. The van der Waals surface area contributed by atoms with E-state index in [1.165, 1.54) is 19.3 Å². The number of rotatable bonds is 11. The van der Waals surface area contributed by atoms with Gasteiger partial charge in [-0.25, -0.2) is 0 Å². The fourth-order valence-corrected chi connectivity index (χ4v) is 3.07. The van der Waals surface area contributed by atoms with Gasteiger partial charge in [0.2, 0.25) is 0 Å². The Morgan fingerprint density at radius 1 is 1.25 bits per heavy atom. The summed E-state index contributed by atoms with van der Waals surface area (Å²) < 4.78 is 11.2. The van der Waals surface area contributed by atoms with Crippen molar-refractivity contribution in [2.45, 2.75) is 64.2 Å². The summed E-state index contributed by atoms with van der Waals surface area (Å²) in [5.74, 6) is -1.10. The molecule has 0 aromatic rings. The number of hydrogen-bond donors (Lipinski definition) is 3. The van der Waals surface area contributed by atoms with Crippen LogP contribution in [0.15, 0.2) is 0 Å². The molecule has 1 fully saturated rings. The Hall–Kier alpha value is -1.18. The molecule has 0 unspecified atom stereocenters. The first-order valence-electron chi connectivity index (χ1n) is 8.88. The number of ether oxygens (including phenoxy) is 2. The monoisotopic (exact) mass is 344 g/mol. The predicted octanol–water partition coefficient (Wildman–Crippen LogP) is 1.17. The van der Waals surface area contributed by atoms with Crippen LogP contribution in [0.5, 0.6) is 0 Å². The van der Waals surface area contributed by atoms with Crippen molar-refractivity contribution >= 4 is 11.9 Å². The molecule has 7 nitrogen and oxygen atoms in total. The molecule has 0 radical (unpaired) electrons. The maximum Gasteiger partial charge on any atom is 0.317 e. The number of aliphatic carboxylic acids is 1. The van der Waals surface area contributed by atoms with Crippen LogP contribution in [0.4, 0.5) is 0 Å². The number of carboxylic acids is 1. The predicted molar refractivity (Wildman–Crippen MR) is 90.9 cm³/mol. The van der Waals surface area contributed by atoms with Crippen molar-refractivity contribution < 1.29 is 24.2 Å². The van der Waals surface area contributed by atoms with E-state index in [0.717, 1.165) is 12.8 Å². The maximum absolute atomic E-state index is 12.4. The zero-order valence-electron chi connectivity index (χ0n) is 15.0. The van der Waals surface area contributed by atoms with Gasteiger partial charge in [0.05, 0.1) is 25.3 Å². The Labute approximate surface area is 144 Å². The Balaban J connectivity index is 2.53. The molecule has 0 aromatic carbocycles. The van der Waals surface area contributed by atoms with Crippen LogP contribution in [0.3, 0.4) is 0 Å². The molecule has 0 bridgehead atoms. The second-order valence-corrected chi connectivity index (χ2v) is 6.44. The smallest absolute Gasteiger partial charge is 0.317 e. The molecule has 24 heavy (non-hydrogen) atoms. The highest BCUT2D eigenvalue weighted by Gasteiger charge is 2.42. The van der Waals surface area contributed by atoms with Crippen molar-refractivity contribution in [1.82, 2.24) is 10.6 Å². The SMILES string of the molecule is CCCCCCCNC(=O)[C@H]1OC[C@H](C)[C@H](OC)[C@H]1NCC(=O)O. The molecule has 4 atom stereocenters. The lowest BCUT2D eigenvalue weighted by Crippen LogP contribution is -2.62. The first-order chi connectivity index (χ1) is 11.5. The molecule has 1 aliphatic rings. The van der Waals surface area contributed by atoms with Crippen molar-refractivity contribution in [2.24, 2.45) is 5.92 Å². The van der Waals surface area contributed by atoms with Gasteiger partial charge in [0.15, 0.2) is 6.10 Å². The van der Waals surface area contributed by atoms with Gasteiger partial charge in [-0.15, -0.1) is 0 Å². The van der Waals surface area contributed by atoms with Crippen LogP contribution in [-0.2, 0) is 19.1 Å². The van der Waals surface area contributed by atoms with E-state index in [1.807, 2.05) is 6.92 Å². The molecule has 1 heterocycles. The molecule has 0 spiro atoms. The number of methoxy groups -OCH3 is 1. The first kappa shape index (κ1) is 20.9. The summed E-state index contributed by atoms with van der Waals surface area (Å²) in [4.78, 5) is 23.3. The summed E-state index contributed by atoms with van der Waals surface area (Å²) in [6, 6.07) is -0.477. The van der Waals surface area contributed by atoms with E-state index in [-0.39, 0.29) is 24.5 Å². The number of unbranched alkanes of at least 4 members (excludes halogenated alkanes) is 4. The molecule has 0 saturated carbocycles. The minimum absolute atomic E-state index is 0.0828. The summed E-state index contributed by atoms with van der Waals surface area (Å²) >= 11 is 0. The van der Waals surface area contributed by atoms with Gasteiger partial charge in [0.1, 0.15) is 0 Å². The summed E-state index contributed by atoms with van der Waals surface area (Å²) in [6.07, 6.45) is 4.62. The third-order valence-electron chi connectivity index (χ3n) is 4.38. The van der Waals surface area contributed by atoms with E-state index >= 15 is 0 Å². The second-order valence-electron chi connectivity index (χ2n) is 6.44. The van der Waals surface area contributed by atoms with Crippen LogP contribution in [0.2, 0.25) is 0 Å². The molecule has 1 amide bonds. The van der Waals surface area contributed by atoms with E-state index < -0.39 is 18.1 Å². The van der Waals surface area contributed by atoms with E-state index in [4.69, 9.17) is 14.6 Å². The zero-order valence-corrected chi connectivity index (χ0v) is 15.0. The molecular weight excluding hydrogens is 312 g/mol. The molecule has 140 valence electrons. The Morgan fingerprint density at radius 3 is 2.58 bits per heavy atom. The van der Waals surface area contributed by atoms with E-state index in [1.54, 1.807) is 7.11 Å². The van der Waals surface area contributed by atoms with Gasteiger partial charge in [-0.05, 0) is 6.42 Å². The highest BCUT2D eigenvalue weighted by molar-refractivity contribution is 5.82. The van der Waals surface area contributed by atoms with E-state index in [9.17, 15) is 9.59 Å². The first-order valence-corrected chi connectivity index (χ1v) is 8.88. The maximum atomic E-state index is 12.4. The van der Waals surface area contributed by atoms with Gasteiger partial charge in [0.25, 0.3) is 5.91 Å². The van der Waals surface area contributed by atoms with Crippen LogP contribution in [0.1, 0.15) is 46.0 Å². The average Bonchev–Trinajstić information content (AvgIpc) is 2.55. The topological polar surface area (TPSA) is 96.9 Å². The van der Waals surface area contributed by atoms with Crippen LogP contribution < -0.4 is 10.6 Å². The summed E-state index contributed by atoms with van der Waals surface area (Å²) in [5.41, 5.74) is 0. The van der Waals surface area contributed by atoms with Gasteiger partial charge < -0.3 is 19.9 Å². The van der Waals surface area contributed by atoms with Gasteiger partial charge in [-0.1, -0.05) is 39.5 Å². The largest absolute Gasteiger partial charge is 0.480 e. The van der Waals surface area contributed by atoms with Gasteiger partial charge >= 0.3 is 5.97 Å². The second kappa shape index (κ2) is 11.4. The van der Waals surface area contributed by atoms with Crippen LogP contribution in [-0.4, -0.2) is 62.0 Å². The standard InChI is InChI=1S/C17H32N2O5/c1-4-5-6-7-8-9-18-17(22)16-14(19-10-13(20)21)15(23-3)12(2)11-24-16/h12,14-16,19H,4-11H2,1-3H3,(H,18,22)(H,20,21)/t12-,14+,15-,16-/m0/s1. The number of carboxylic acid groups (broad SMARTS) is 1. The van der Waals surface area contributed by atoms with Crippen molar-refractivity contribution in [1.29, 1.82) is 0 Å². The molecule has 7 heteroatoms. The fourth-order valence-electron chi connectivity index (χ4n) is 3.07. The van der Waals surface area contributed by atoms with Crippen molar-refractivity contribution in [2.75, 3.05) is 26.8 Å². The molecule has 1 saturated heterocycles. The highest BCUT2D eigenvalue weighted by atomic mass is 16.5. The highest BCUT2D eigenvalue weighted by Crippen LogP contribution is 2.22. The van der Waals surface area contributed by atoms with Gasteiger partial charge in [0, 0.05) is 19.6 Å². The lowest BCUT2D eigenvalue weighted by atomic mass is 9.90. The van der Waals surface area contributed by atoms with Gasteiger partial charge in [-0.2, -0.15) is 0 Å². The molecule has 0 aliphatic carbocycles. The summed E-state index contributed by atoms with van der Waals surface area (Å²) in [6.45, 7) is 4.92. The normalized spacial score (nSPS) is 27.0. The van der Waals surface area contributed by atoms with Crippen LogP contribution in [0.25, 0.3) is 0 Å². The third-order valence-corrected chi connectivity index (χ3v) is 4.38. The minimum atomic E-state index is -0.974. The number of carbonyl (C=O) groups excluding carboxylic acids is 1.